The Labute approximate surface area is 158 Å². The molecule has 0 spiro atoms. The lowest BCUT2D eigenvalue weighted by Gasteiger charge is -2.09. The molecule has 2 aromatic carbocycles. The first-order chi connectivity index (χ1) is 12.9. The maximum Gasteiger partial charge on any atom is 0.240 e. The van der Waals surface area contributed by atoms with Crippen LogP contribution in [0.2, 0.25) is 0 Å². The van der Waals surface area contributed by atoms with Gasteiger partial charge in [0, 0.05) is 24.9 Å². The van der Waals surface area contributed by atoms with Crippen molar-refractivity contribution in [3.63, 3.8) is 0 Å². The van der Waals surface area contributed by atoms with E-state index < -0.39 is 19.9 Å². The Morgan fingerprint density at radius 2 is 1.41 bits per heavy atom. The fraction of sp³-hybridized carbons (Fsp3) is 0.105. The molecule has 0 amide bonds. The highest BCUT2D eigenvalue weighted by atomic mass is 32.2. The van der Waals surface area contributed by atoms with Crippen molar-refractivity contribution in [2.75, 3.05) is 6.54 Å². The Hall–Kier alpha value is -2.55. The van der Waals surface area contributed by atoms with Gasteiger partial charge in [-0.1, -0.05) is 30.3 Å². The molecule has 0 saturated carbocycles. The van der Waals surface area contributed by atoms with Crippen LogP contribution < -0.4 is 4.72 Å². The summed E-state index contributed by atoms with van der Waals surface area (Å²) < 4.78 is 52.9. The molecule has 0 unspecified atom stereocenters. The van der Waals surface area contributed by atoms with Crippen molar-refractivity contribution in [3.8, 4) is 0 Å². The minimum absolute atomic E-state index is 0.0682. The Morgan fingerprint density at radius 3 is 2.11 bits per heavy atom. The van der Waals surface area contributed by atoms with Gasteiger partial charge >= 0.3 is 0 Å². The van der Waals surface area contributed by atoms with Crippen molar-refractivity contribution >= 4 is 19.9 Å². The Morgan fingerprint density at radius 1 is 0.741 bits per heavy atom. The number of hydrogen-bond acceptors (Lipinski definition) is 5. The van der Waals surface area contributed by atoms with E-state index in [1.807, 2.05) is 6.07 Å². The summed E-state index contributed by atoms with van der Waals surface area (Å²) in [5, 5.41) is 0. The first-order valence-electron chi connectivity index (χ1n) is 8.19. The lowest BCUT2D eigenvalue weighted by Crippen LogP contribution is -2.26. The number of sulfonamides is 1. The molecule has 0 radical (unpaired) electrons. The lowest BCUT2D eigenvalue weighted by molar-refractivity contribution is 0.581. The quantitative estimate of drug-likeness (QED) is 0.655. The zero-order valence-corrected chi connectivity index (χ0v) is 15.9. The summed E-state index contributed by atoms with van der Waals surface area (Å²) in [6.07, 6.45) is 2.07. The average Bonchev–Trinajstić information content (AvgIpc) is 2.69. The van der Waals surface area contributed by atoms with E-state index in [9.17, 15) is 16.8 Å². The van der Waals surface area contributed by atoms with Crippen molar-refractivity contribution in [2.24, 2.45) is 0 Å². The van der Waals surface area contributed by atoms with Crippen molar-refractivity contribution in [2.45, 2.75) is 21.1 Å². The van der Waals surface area contributed by atoms with Crippen molar-refractivity contribution in [3.05, 3.63) is 84.7 Å². The number of rotatable bonds is 7. The number of nitrogens with zero attached hydrogens (tertiary/aromatic N) is 1. The van der Waals surface area contributed by atoms with Crippen LogP contribution in [-0.2, 0) is 26.3 Å². The van der Waals surface area contributed by atoms with Crippen LogP contribution in [0.5, 0.6) is 0 Å². The van der Waals surface area contributed by atoms with Crippen LogP contribution in [0.15, 0.2) is 93.7 Å². The molecule has 140 valence electrons. The minimum atomic E-state index is -3.84. The van der Waals surface area contributed by atoms with Crippen LogP contribution in [0, 0.1) is 0 Å². The standard InChI is InChI=1S/C19H18N2O4S2/c22-26(23,17-8-2-1-3-9-17)18-10-6-11-19(15-18)27(24,25)21-14-12-16-7-4-5-13-20-16/h1-11,13,15,21H,12,14H2. The number of nitrogens with one attached hydrogen (secondary N) is 1. The SMILES string of the molecule is O=S(=O)(NCCc1ccccn1)c1cccc(S(=O)(=O)c2ccccc2)c1. The van der Waals surface area contributed by atoms with Gasteiger partial charge in [-0.25, -0.2) is 21.6 Å². The molecule has 3 aromatic rings. The molecule has 8 heteroatoms. The monoisotopic (exact) mass is 402 g/mol. The average molecular weight is 402 g/mol. The summed E-state index contributed by atoms with van der Waals surface area (Å²) in [5.74, 6) is 0. The van der Waals surface area contributed by atoms with E-state index in [0.29, 0.717) is 6.42 Å². The maximum atomic E-state index is 12.7. The maximum absolute atomic E-state index is 12.7. The highest BCUT2D eigenvalue weighted by Gasteiger charge is 2.21. The molecule has 0 saturated heterocycles. The molecule has 1 aromatic heterocycles. The molecule has 0 aliphatic carbocycles. The fourth-order valence-electron chi connectivity index (χ4n) is 2.49. The highest BCUT2D eigenvalue weighted by molar-refractivity contribution is 7.91. The topological polar surface area (TPSA) is 93.2 Å². The minimum Gasteiger partial charge on any atom is -0.261 e. The number of benzene rings is 2. The normalized spacial score (nSPS) is 12.0. The molecule has 0 aliphatic heterocycles. The highest BCUT2D eigenvalue weighted by Crippen LogP contribution is 2.22. The number of sulfone groups is 1. The van der Waals surface area contributed by atoms with Crippen LogP contribution >= 0.6 is 0 Å². The molecule has 1 heterocycles. The summed E-state index contributed by atoms with van der Waals surface area (Å²) >= 11 is 0. The molecule has 0 aliphatic rings. The molecule has 0 atom stereocenters. The zero-order valence-electron chi connectivity index (χ0n) is 14.3. The number of hydrogen-bond donors (Lipinski definition) is 1. The van der Waals surface area contributed by atoms with Crippen LogP contribution in [0.1, 0.15) is 5.69 Å². The van der Waals surface area contributed by atoms with E-state index in [0.717, 1.165) is 5.69 Å². The first kappa shape index (κ1) is 19.2. The van der Waals surface area contributed by atoms with Gasteiger partial charge in [0.25, 0.3) is 0 Å². The second-order valence-electron chi connectivity index (χ2n) is 5.76. The van der Waals surface area contributed by atoms with Crippen LogP contribution in [0.25, 0.3) is 0 Å². The molecular weight excluding hydrogens is 384 g/mol. The molecule has 0 fully saturated rings. The van der Waals surface area contributed by atoms with Gasteiger partial charge in [0.1, 0.15) is 0 Å². The second kappa shape index (κ2) is 7.99. The Balaban J connectivity index is 1.80. The van der Waals surface area contributed by atoms with Crippen molar-refractivity contribution in [1.82, 2.24) is 9.71 Å². The summed E-state index contributed by atoms with van der Waals surface area (Å²) in [7, 11) is -7.63. The molecule has 3 rings (SSSR count). The summed E-state index contributed by atoms with van der Waals surface area (Å²) in [5.41, 5.74) is 0.764. The number of aromatic nitrogens is 1. The summed E-state index contributed by atoms with van der Waals surface area (Å²) in [4.78, 5) is 4.09. The molecule has 0 bridgehead atoms. The van der Waals surface area contributed by atoms with Gasteiger partial charge in [-0.15, -0.1) is 0 Å². The Bertz CT molecular complexity index is 1110. The van der Waals surface area contributed by atoms with Gasteiger partial charge in [-0.3, -0.25) is 4.98 Å². The largest absolute Gasteiger partial charge is 0.261 e. The van der Waals surface area contributed by atoms with Crippen LogP contribution in [0.4, 0.5) is 0 Å². The van der Waals surface area contributed by atoms with E-state index in [2.05, 4.69) is 9.71 Å². The van der Waals surface area contributed by atoms with E-state index in [4.69, 9.17) is 0 Å². The van der Waals surface area contributed by atoms with Crippen LogP contribution in [0.3, 0.4) is 0 Å². The third-order valence-electron chi connectivity index (χ3n) is 3.88. The van der Waals surface area contributed by atoms with Gasteiger partial charge in [0.2, 0.25) is 19.9 Å². The van der Waals surface area contributed by atoms with Crippen LogP contribution in [-0.4, -0.2) is 28.4 Å². The predicted molar refractivity (Wildman–Crippen MR) is 101 cm³/mol. The van der Waals surface area contributed by atoms with Gasteiger partial charge in [-0.2, -0.15) is 0 Å². The van der Waals surface area contributed by atoms with E-state index in [1.54, 1.807) is 36.5 Å². The van der Waals surface area contributed by atoms with Gasteiger partial charge in [0.15, 0.2) is 0 Å². The van der Waals surface area contributed by atoms with Crippen molar-refractivity contribution in [1.29, 1.82) is 0 Å². The fourth-order valence-corrected chi connectivity index (χ4v) is 4.97. The van der Waals surface area contributed by atoms with Gasteiger partial charge < -0.3 is 0 Å². The lowest BCUT2D eigenvalue weighted by atomic mass is 10.3. The Kier molecular flexibility index (Phi) is 5.69. The van der Waals surface area contributed by atoms with E-state index >= 15 is 0 Å². The number of pyridine rings is 1. The third-order valence-corrected chi connectivity index (χ3v) is 7.10. The van der Waals surface area contributed by atoms with E-state index in [-0.39, 0.29) is 21.2 Å². The third kappa shape index (κ3) is 4.60. The van der Waals surface area contributed by atoms with E-state index in [1.165, 1.54) is 36.4 Å². The zero-order chi connectivity index (χ0) is 19.3. The van der Waals surface area contributed by atoms with Gasteiger partial charge in [0.05, 0.1) is 14.7 Å². The molecule has 27 heavy (non-hydrogen) atoms. The first-order valence-corrected chi connectivity index (χ1v) is 11.2. The summed E-state index contributed by atoms with van der Waals surface area (Å²) in [6.45, 7) is 0.162. The molecule has 1 N–H and O–H groups in total. The smallest absolute Gasteiger partial charge is 0.240 e. The van der Waals surface area contributed by atoms with Crippen molar-refractivity contribution < 1.29 is 16.8 Å². The second-order valence-corrected chi connectivity index (χ2v) is 9.48. The molecule has 6 nitrogen and oxygen atoms in total. The molecular formula is C19H18N2O4S2. The summed E-state index contributed by atoms with van der Waals surface area (Å²) in [6, 6.07) is 18.7. The predicted octanol–water partition coefficient (Wildman–Crippen LogP) is 2.44. The van der Waals surface area contributed by atoms with Gasteiger partial charge in [-0.05, 0) is 42.5 Å².